The van der Waals surface area contributed by atoms with Crippen molar-refractivity contribution in [3.05, 3.63) is 46.9 Å². The first-order chi connectivity index (χ1) is 12.8. The molecule has 1 aliphatic heterocycles. The Morgan fingerprint density at radius 2 is 2.15 bits per heavy atom. The molecular weight excluding hydrogens is 346 g/mol. The highest BCUT2D eigenvalue weighted by molar-refractivity contribution is 7.20. The van der Waals surface area contributed by atoms with Crippen LogP contribution in [-0.4, -0.2) is 34.0 Å². The fraction of sp³-hybridized carbons (Fsp3) is 0.450. The van der Waals surface area contributed by atoms with Crippen molar-refractivity contribution in [1.29, 1.82) is 0 Å². The lowest BCUT2D eigenvalue weighted by atomic mass is 9.94. The molecule has 1 saturated carbocycles. The maximum Gasteiger partial charge on any atom is 0.263 e. The van der Waals surface area contributed by atoms with Gasteiger partial charge in [-0.2, -0.15) is 4.98 Å². The summed E-state index contributed by atoms with van der Waals surface area (Å²) in [5.41, 5.74) is 0. The van der Waals surface area contributed by atoms with E-state index in [-0.39, 0.29) is 5.91 Å². The van der Waals surface area contributed by atoms with E-state index in [4.69, 9.17) is 4.52 Å². The summed E-state index contributed by atoms with van der Waals surface area (Å²) in [5, 5.41) is 5.25. The van der Waals surface area contributed by atoms with Crippen LogP contribution in [0.15, 0.2) is 34.9 Å². The zero-order chi connectivity index (χ0) is 17.5. The third kappa shape index (κ3) is 3.14. The van der Waals surface area contributed by atoms with Crippen LogP contribution in [0.5, 0.6) is 0 Å². The summed E-state index contributed by atoms with van der Waals surface area (Å²) in [6.45, 7) is 1.61. The van der Waals surface area contributed by atoms with Crippen LogP contribution in [0.2, 0.25) is 0 Å². The van der Waals surface area contributed by atoms with Crippen LogP contribution >= 0.6 is 11.3 Å². The van der Waals surface area contributed by atoms with Gasteiger partial charge in [0.25, 0.3) is 5.91 Å². The maximum atomic E-state index is 13.0. The maximum absolute atomic E-state index is 13.0. The van der Waals surface area contributed by atoms with Crippen molar-refractivity contribution in [3.8, 4) is 0 Å². The van der Waals surface area contributed by atoms with Gasteiger partial charge in [-0.05, 0) is 49.1 Å². The van der Waals surface area contributed by atoms with Crippen LogP contribution in [0, 0.1) is 5.92 Å². The normalized spacial score (nSPS) is 20.6. The van der Waals surface area contributed by atoms with E-state index in [0.29, 0.717) is 11.8 Å². The molecule has 5 nitrogen and oxygen atoms in total. The fourth-order valence-electron chi connectivity index (χ4n) is 3.76. The van der Waals surface area contributed by atoms with E-state index in [1.807, 2.05) is 23.1 Å². The number of carbonyl (C=O) groups is 1. The van der Waals surface area contributed by atoms with E-state index in [1.54, 1.807) is 11.3 Å². The molecule has 2 fully saturated rings. The molecule has 2 aromatic heterocycles. The molecule has 3 heterocycles. The molecule has 1 amide bonds. The largest absolute Gasteiger partial charge is 0.339 e. The number of rotatable bonds is 4. The van der Waals surface area contributed by atoms with E-state index in [2.05, 4.69) is 22.3 Å². The molecule has 1 atom stereocenters. The minimum Gasteiger partial charge on any atom is -0.339 e. The summed E-state index contributed by atoms with van der Waals surface area (Å²) in [4.78, 5) is 20.3. The summed E-state index contributed by atoms with van der Waals surface area (Å²) in [6, 6.07) is 10.2. The van der Waals surface area contributed by atoms with E-state index < -0.39 is 0 Å². The lowest BCUT2D eigenvalue weighted by Crippen LogP contribution is -2.40. The quantitative estimate of drug-likeness (QED) is 0.691. The van der Waals surface area contributed by atoms with Gasteiger partial charge >= 0.3 is 0 Å². The smallest absolute Gasteiger partial charge is 0.263 e. The Morgan fingerprint density at radius 1 is 1.27 bits per heavy atom. The van der Waals surface area contributed by atoms with E-state index >= 15 is 0 Å². The van der Waals surface area contributed by atoms with Crippen molar-refractivity contribution in [2.75, 3.05) is 13.1 Å². The molecule has 3 aromatic rings. The number of nitrogens with zero attached hydrogens (tertiary/aromatic N) is 3. The lowest BCUT2D eigenvalue weighted by molar-refractivity contribution is 0.0673. The first kappa shape index (κ1) is 16.0. The summed E-state index contributed by atoms with van der Waals surface area (Å²) in [5.74, 6) is 2.67. The second-order valence-electron chi connectivity index (χ2n) is 7.43. The van der Waals surface area contributed by atoms with Crippen molar-refractivity contribution in [1.82, 2.24) is 15.0 Å². The van der Waals surface area contributed by atoms with Gasteiger partial charge in [-0.1, -0.05) is 23.4 Å². The van der Waals surface area contributed by atoms with Gasteiger partial charge in [-0.15, -0.1) is 11.3 Å². The number of amides is 1. The summed E-state index contributed by atoms with van der Waals surface area (Å²) in [7, 11) is 0. The molecule has 0 N–H and O–H groups in total. The average molecular weight is 367 g/mol. The predicted molar refractivity (Wildman–Crippen MR) is 100 cm³/mol. The standard InChI is InChI=1S/C20H21N3O2S/c24-20(17-11-15-5-1-2-6-16(15)26-17)23-9-3-4-13(12-23)10-18-21-19(22-25-18)14-7-8-14/h1-2,5-6,11,13-14H,3-4,7-10,12H2/t13-/m1/s1. The highest BCUT2D eigenvalue weighted by Gasteiger charge is 2.30. The summed E-state index contributed by atoms with van der Waals surface area (Å²) >= 11 is 1.59. The molecule has 134 valence electrons. The second-order valence-corrected chi connectivity index (χ2v) is 8.52. The number of hydrogen-bond acceptors (Lipinski definition) is 5. The van der Waals surface area contributed by atoms with Gasteiger partial charge in [-0.3, -0.25) is 4.79 Å². The number of carbonyl (C=O) groups excluding carboxylic acids is 1. The van der Waals surface area contributed by atoms with E-state index in [1.165, 1.54) is 17.5 Å². The van der Waals surface area contributed by atoms with Gasteiger partial charge in [0.05, 0.1) is 4.88 Å². The SMILES string of the molecule is O=C(c1cc2ccccc2s1)N1CCC[C@H](Cc2nc(C3CC3)no2)C1. The zero-order valence-electron chi connectivity index (χ0n) is 14.6. The van der Waals surface area contributed by atoms with Crippen molar-refractivity contribution in [2.24, 2.45) is 5.92 Å². The van der Waals surface area contributed by atoms with Crippen LogP contribution < -0.4 is 0 Å². The first-order valence-corrected chi connectivity index (χ1v) is 10.2. The number of thiophene rings is 1. The van der Waals surface area contributed by atoms with Crippen molar-refractivity contribution >= 4 is 27.3 Å². The second kappa shape index (κ2) is 6.50. The molecule has 5 rings (SSSR count). The first-order valence-electron chi connectivity index (χ1n) is 9.36. The summed E-state index contributed by atoms with van der Waals surface area (Å²) < 4.78 is 6.60. The van der Waals surface area contributed by atoms with Crippen LogP contribution in [0.25, 0.3) is 10.1 Å². The predicted octanol–water partition coefficient (Wildman–Crippen LogP) is 4.26. The molecule has 26 heavy (non-hydrogen) atoms. The Labute approximate surface area is 156 Å². The molecule has 1 aromatic carbocycles. The average Bonchev–Trinajstić information content (AvgIpc) is 3.26. The number of aromatic nitrogens is 2. The topological polar surface area (TPSA) is 59.2 Å². The minimum absolute atomic E-state index is 0.153. The Balaban J connectivity index is 1.27. The number of fused-ring (bicyclic) bond motifs is 1. The Hall–Kier alpha value is -2.21. The summed E-state index contributed by atoms with van der Waals surface area (Å²) in [6.07, 6.45) is 5.28. The number of piperidine rings is 1. The fourth-order valence-corrected chi connectivity index (χ4v) is 4.80. The molecule has 1 saturated heterocycles. The number of likely N-dealkylation sites (tertiary alicyclic amines) is 1. The highest BCUT2D eigenvalue weighted by atomic mass is 32.1. The van der Waals surface area contributed by atoms with E-state index in [0.717, 1.165) is 54.3 Å². The van der Waals surface area contributed by atoms with Crippen LogP contribution in [0.1, 0.15) is 53.0 Å². The molecular formula is C20H21N3O2S. The lowest BCUT2D eigenvalue weighted by Gasteiger charge is -2.31. The molecule has 1 aliphatic carbocycles. The van der Waals surface area contributed by atoms with E-state index in [9.17, 15) is 4.79 Å². The Kier molecular flexibility index (Phi) is 4.00. The molecule has 0 radical (unpaired) electrons. The third-order valence-corrected chi connectivity index (χ3v) is 6.44. The zero-order valence-corrected chi connectivity index (χ0v) is 15.4. The van der Waals surface area contributed by atoms with Gasteiger partial charge in [-0.25, -0.2) is 0 Å². The number of hydrogen-bond donors (Lipinski definition) is 0. The molecule has 0 unspecified atom stereocenters. The van der Waals surface area contributed by atoms with Crippen LogP contribution in [-0.2, 0) is 6.42 Å². The Bertz CT molecular complexity index is 910. The Morgan fingerprint density at radius 3 is 3.00 bits per heavy atom. The van der Waals surface area contributed by atoms with Gasteiger partial charge in [0.2, 0.25) is 5.89 Å². The third-order valence-electron chi connectivity index (χ3n) is 5.33. The van der Waals surface area contributed by atoms with Crippen LogP contribution in [0.4, 0.5) is 0 Å². The van der Waals surface area contributed by atoms with Gasteiger partial charge in [0.1, 0.15) is 0 Å². The number of benzene rings is 1. The molecule has 2 aliphatic rings. The highest BCUT2D eigenvalue weighted by Crippen LogP contribution is 2.38. The van der Waals surface area contributed by atoms with Gasteiger partial charge in [0, 0.05) is 30.1 Å². The monoisotopic (exact) mass is 367 g/mol. The molecule has 0 spiro atoms. The van der Waals surface area contributed by atoms with Crippen LogP contribution in [0.3, 0.4) is 0 Å². The molecule has 6 heteroatoms. The van der Waals surface area contributed by atoms with Gasteiger partial charge < -0.3 is 9.42 Å². The molecule has 0 bridgehead atoms. The van der Waals surface area contributed by atoms with Gasteiger partial charge in [0.15, 0.2) is 5.82 Å². The van der Waals surface area contributed by atoms with Crippen molar-refractivity contribution in [2.45, 2.75) is 38.0 Å². The van der Waals surface area contributed by atoms with Crippen molar-refractivity contribution in [3.63, 3.8) is 0 Å². The minimum atomic E-state index is 0.153. The van der Waals surface area contributed by atoms with Crippen molar-refractivity contribution < 1.29 is 9.32 Å².